The van der Waals surface area contributed by atoms with Gasteiger partial charge in [0.25, 0.3) is 0 Å². The van der Waals surface area contributed by atoms with E-state index >= 15 is 0 Å². The van der Waals surface area contributed by atoms with Gasteiger partial charge in [-0.05, 0) is 29.6 Å². The summed E-state index contributed by atoms with van der Waals surface area (Å²) in [5.74, 6) is 0.975. The van der Waals surface area contributed by atoms with Crippen LogP contribution in [0.15, 0.2) is 12.2 Å². The third-order valence-electron chi connectivity index (χ3n) is 4.07. The van der Waals surface area contributed by atoms with E-state index in [4.69, 9.17) is 0 Å². The van der Waals surface area contributed by atoms with E-state index in [1.54, 1.807) is 0 Å². The number of fused-ring (bicyclic) bond motifs is 1. The molecule has 0 aromatic carbocycles. The largest absolute Gasteiger partial charge is 0.0877 e. The van der Waals surface area contributed by atoms with E-state index < -0.39 is 0 Å². The zero-order chi connectivity index (χ0) is 7.41. The van der Waals surface area contributed by atoms with Crippen molar-refractivity contribution >= 4 is 0 Å². The zero-order valence-corrected chi connectivity index (χ0v) is 7.15. The van der Waals surface area contributed by atoms with Gasteiger partial charge in [-0.25, -0.2) is 0 Å². The fraction of sp³-hybridized carbons (Fsp3) is 0.800. The Morgan fingerprint density at radius 3 is 2.30 bits per heavy atom. The summed E-state index contributed by atoms with van der Waals surface area (Å²) in [6.45, 7) is 7.20. The van der Waals surface area contributed by atoms with Gasteiger partial charge in [0.2, 0.25) is 0 Å². The van der Waals surface area contributed by atoms with Gasteiger partial charge in [-0.2, -0.15) is 0 Å². The first kappa shape index (κ1) is 6.45. The van der Waals surface area contributed by atoms with E-state index in [0.717, 1.165) is 5.92 Å². The molecule has 56 valence electrons. The molecule has 2 bridgehead atoms. The predicted molar refractivity (Wildman–Crippen MR) is 43.8 cm³/mol. The van der Waals surface area contributed by atoms with Crippen LogP contribution in [-0.2, 0) is 0 Å². The molecule has 2 unspecified atom stereocenters. The van der Waals surface area contributed by atoms with Crippen LogP contribution in [0.25, 0.3) is 0 Å². The topological polar surface area (TPSA) is 0 Å². The van der Waals surface area contributed by atoms with E-state index in [0.29, 0.717) is 10.8 Å². The maximum Gasteiger partial charge on any atom is -0.00897 e. The first-order chi connectivity index (χ1) is 4.56. The summed E-state index contributed by atoms with van der Waals surface area (Å²) in [7, 11) is 0. The van der Waals surface area contributed by atoms with Crippen molar-refractivity contribution in [3.05, 3.63) is 12.2 Å². The maximum atomic E-state index is 2.42. The number of rotatable bonds is 0. The van der Waals surface area contributed by atoms with Crippen LogP contribution in [0, 0.1) is 16.7 Å². The van der Waals surface area contributed by atoms with Gasteiger partial charge < -0.3 is 0 Å². The number of hydrogen-bond acceptors (Lipinski definition) is 0. The Hall–Kier alpha value is -0.260. The fourth-order valence-electron chi connectivity index (χ4n) is 2.52. The molecule has 0 nitrogen and oxygen atoms in total. The highest BCUT2D eigenvalue weighted by Gasteiger charge is 2.56. The van der Waals surface area contributed by atoms with Crippen molar-refractivity contribution in [1.82, 2.24) is 0 Å². The highest BCUT2D eigenvalue weighted by Crippen LogP contribution is 2.64. The predicted octanol–water partition coefficient (Wildman–Crippen LogP) is 3.00. The molecule has 0 aromatic rings. The summed E-state index contributed by atoms with van der Waals surface area (Å²) in [5.41, 5.74) is 1.12. The lowest BCUT2D eigenvalue weighted by atomic mass is 9.43. The van der Waals surface area contributed by atoms with E-state index in [2.05, 4.69) is 32.9 Å². The van der Waals surface area contributed by atoms with Crippen molar-refractivity contribution in [2.75, 3.05) is 0 Å². The van der Waals surface area contributed by atoms with Gasteiger partial charge in [-0.1, -0.05) is 32.9 Å². The third-order valence-corrected chi connectivity index (χ3v) is 4.07. The molecule has 10 heavy (non-hydrogen) atoms. The average molecular weight is 136 g/mol. The monoisotopic (exact) mass is 136 g/mol. The van der Waals surface area contributed by atoms with Crippen LogP contribution in [-0.4, -0.2) is 0 Å². The van der Waals surface area contributed by atoms with Gasteiger partial charge in [-0.15, -0.1) is 0 Å². The lowest BCUT2D eigenvalue weighted by Gasteiger charge is -2.61. The molecule has 0 saturated heterocycles. The molecule has 0 radical (unpaired) electrons. The van der Waals surface area contributed by atoms with Crippen molar-refractivity contribution < 1.29 is 0 Å². The lowest BCUT2D eigenvalue weighted by Crippen LogP contribution is -2.53. The van der Waals surface area contributed by atoms with Crippen LogP contribution in [0.4, 0.5) is 0 Å². The minimum atomic E-state index is 0.538. The van der Waals surface area contributed by atoms with Gasteiger partial charge in [0.1, 0.15) is 0 Å². The van der Waals surface area contributed by atoms with Crippen LogP contribution < -0.4 is 0 Å². The molecular formula is C10H16. The van der Waals surface area contributed by atoms with E-state index in [9.17, 15) is 0 Å². The molecule has 0 aromatic heterocycles. The Bertz CT molecular complexity index is 188. The molecule has 0 heteroatoms. The van der Waals surface area contributed by atoms with E-state index in [1.807, 2.05) is 0 Å². The van der Waals surface area contributed by atoms with Crippen LogP contribution >= 0.6 is 0 Å². The van der Waals surface area contributed by atoms with Gasteiger partial charge in [0.15, 0.2) is 0 Å². The minimum absolute atomic E-state index is 0.538. The van der Waals surface area contributed by atoms with Crippen LogP contribution in [0.3, 0.4) is 0 Å². The number of allylic oxidation sites excluding steroid dienone is 2. The highest BCUT2D eigenvalue weighted by molar-refractivity contribution is 5.20. The number of hydrogen-bond donors (Lipinski definition) is 0. The van der Waals surface area contributed by atoms with Crippen LogP contribution in [0.1, 0.15) is 33.6 Å². The molecule has 3 aliphatic rings. The van der Waals surface area contributed by atoms with Crippen molar-refractivity contribution in [2.24, 2.45) is 16.7 Å². The van der Waals surface area contributed by atoms with Gasteiger partial charge in [0.05, 0.1) is 0 Å². The standard InChI is InChI=1S/C10H16/c1-9(2)8-5-4-6-10(9,3)7-8/h4,6,8H,5,7H2,1-3H3. The van der Waals surface area contributed by atoms with Crippen LogP contribution in [0.2, 0.25) is 0 Å². The van der Waals surface area contributed by atoms with Crippen molar-refractivity contribution in [2.45, 2.75) is 33.6 Å². The summed E-state index contributed by atoms with van der Waals surface area (Å²) in [5, 5.41) is 0. The Kier molecular flexibility index (Phi) is 0.962. The molecule has 1 fully saturated rings. The SMILES string of the molecule is CC12C=CCC(C1)C2(C)C. The molecule has 0 aliphatic heterocycles. The van der Waals surface area contributed by atoms with Crippen LogP contribution in [0.5, 0.6) is 0 Å². The van der Waals surface area contributed by atoms with E-state index in [1.165, 1.54) is 12.8 Å². The second kappa shape index (κ2) is 1.49. The maximum absolute atomic E-state index is 2.42. The first-order valence-corrected chi connectivity index (χ1v) is 4.24. The summed E-state index contributed by atoms with van der Waals surface area (Å²) in [6, 6.07) is 0. The first-order valence-electron chi connectivity index (χ1n) is 4.24. The molecule has 0 spiro atoms. The molecule has 2 atom stereocenters. The van der Waals surface area contributed by atoms with Crippen molar-refractivity contribution in [1.29, 1.82) is 0 Å². The Morgan fingerprint density at radius 1 is 1.30 bits per heavy atom. The normalized spacial score (nSPS) is 48.5. The summed E-state index contributed by atoms with van der Waals surface area (Å²) in [6.07, 6.45) is 7.53. The molecule has 3 rings (SSSR count). The lowest BCUT2D eigenvalue weighted by molar-refractivity contribution is -0.0788. The molecule has 3 aliphatic carbocycles. The summed E-state index contributed by atoms with van der Waals surface area (Å²) in [4.78, 5) is 0. The quantitative estimate of drug-likeness (QED) is 0.449. The Balaban J connectivity index is 2.37. The summed E-state index contributed by atoms with van der Waals surface area (Å²) >= 11 is 0. The van der Waals surface area contributed by atoms with Crippen molar-refractivity contribution in [3.63, 3.8) is 0 Å². The smallest absolute Gasteiger partial charge is 0.00897 e. The highest BCUT2D eigenvalue weighted by atomic mass is 14.6. The van der Waals surface area contributed by atoms with Gasteiger partial charge in [0, 0.05) is 0 Å². The molecule has 0 N–H and O–H groups in total. The average Bonchev–Trinajstić information content (AvgIpc) is 1.88. The minimum Gasteiger partial charge on any atom is -0.0877 e. The van der Waals surface area contributed by atoms with E-state index in [-0.39, 0.29) is 0 Å². The summed E-state index contributed by atoms with van der Waals surface area (Å²) < 4.78 is 0. The van der Waals surface area contributed by atoms with Crippen molar-refractivity contribution in [3.8, 4) is 0 Å². The molecule has 1 saturated carbocycles. The Morgan fingerprint density at radius 2 is 2.00 bits per heavy atom. The second-order valence-corrected chi connectivity index (χ2v) is 4.68. The second-order valence-electron chi connectivity index (χ2n) is 4.68. The van der Waals surface area contributed by atoms with Gasteiger partial charge in [-0.3, -0.25) is 0 Å². The fourth-order valence-corrected chi connectivity index (χ4v) is 2.52. The Labute approximate surface area is 63.3 Å². The third kappa shape index (κ3) is 0.492. The van der Waals surface area contributed by atoms with Gasteiger partial charge >= 0.3 is 0 Å². The zero-order valence-electron chi connectivity index (χ0n) is 7.15. The molecule has 0 amide bonds. The molecular weight excluding hydrogens is 120 g/mol. The molecule has 0 heterocycles.